The summed E-state index contributed by atoms with van der Waals surface area (Å²) >= 11 is 7.99. The maximum Gasteiger partial charge on any atom is 0.150 e. The van der Waals surface area contributed by atoms with Crippen LogP contribution in [-0.2, 0) is 0 Å². The minimum absolute atomic E-state index is 0.334. The first-order chi connectivity index (χ1) is 8.22. The van der Waals surface area contributed by atoms with Crippen molar-refractivity contribution in [1.29, 1.82) is 0 Å². The van der Waals surface area contributed by atoms with E-state index < -0.39 is 0 Å². The van der Waals surface area contributed by atoms with Crippen molar-refractivity contribution in [1.82, 2.24) is 9.97 Å². The minimum atomic E-state index is 0.334. The Kier molecular flexibility index (Phi) is 4.34. The molecule has 0 aromatic carbocycles. The van der Waals surface area contributed by atoms with Crippen LogP contribution in [0.2, 0.25) is 5.02 Å². The molecule has 1 aliphatic rings. The van der Waals surface area contributed by atoms with E-state index in [4.69, 9.17) is 17.3 Å². The SMILES string of the molecule is CSC1CCCCC1Nc1ncnc(N)c1Cl. The van der Waals surface area contributed by atoms with E-state index in [1.165, 1.54) is 25.6 Å². The second-order valence-corrected chi connectivity index (χ2v) is 5.69. The van der Waals surface area contributed by atoms with Gasteiger partial charge in [-0.1, -0.05) is 24.4 Å². The smallest absolute Gasteiger partial charge is 0.150 e. The standard InChI is InChI=1S/C11H17ClN4S/c1-17-8-5-3-2-4-7(8)16-11-9(12)10(13)14-6-15-11/h6-8H,2-5H2,1H3,(H3,13,14,15,16). The topological polar surface area (TPSA) is 63.8 Å². The van der Waals surface area contributed by atoms with Gasteiger partial charge in [-0.25, -0.2) is 9.97 Å². The third kappa shape index (κ3) is 2.96. The van der Waals surface area contributed by atoms with Gasteiger partial charge in [0, 0.05) is 11.3 Å². The van der Waals surface area contributed by atoms with Crippen LogP contribution >= 0.6 is 23.4 Å². The van der Waals surface area contributed by atoms with Crippen molar-refractivity contribution in [3.8, 4) is 0 Å². The molecule has 2 rings (SSSR count). The van der Waals surface area contributed by atoms with Gasteiger partial charge in [-0.15, -0.1) is 0 Å². The van der Waals surface area contributed by atoms with Crippen LogP contribution in [-0.4, -0.2) is 27.5 Å². The van der Waals surface area contributed by atoms with Gasteiger partial charge in [-0.2, -0.15) is 11.8 Å². The number of anilines is 2. The predicted molar refractivity (Wildman–Crippen MR) is 74.6 cm³/mol. The van der Waals surface area contributed by atoms with Crippen molar-refractivity contribution in [2.45, 2.75) is 37.0 Å². The molecule has 1 aromatic heterocycles. The number of nitrogens with zero attached hydrogens (tertiary/aromatic N) is 2. The number of aromatic nitrogens is 2. The van der Waals surface area contributed by atoms with Crippen molar-refractivity contribution in [2.24, 2.45) is 0 Å². The Bertz CT molecular complexity index is 388. The van der Waals surface area contributed by atoms with E-state index in [1.807, 2.05) is 11.8 Å². The monoisotopic (exact) mass is 272 g/mol. The number of nitrogens with two attached hydrogens (primary N) is 1. The maximum absolute atomic E-state index is 6.08. The normalized spacial score (nSPS) is 24.6. The first kappa shape index (κ1) is 12.8. The summed E-state index contributed by atoms with van der Waals surface area (Å²) in [6.07, 6.45) is 8.57. The molecule has 0 aliphatic heterocycles. The number of thioether (sulfide) groups is 1. The Morgan fingerprint density at radius 2 is 2.18 bits per heavy atom. The number of hydrogen-bond donors (Lipinski definition) is 2. The van der Waals surface area contributed by atoms with E-state index in [-0.39, 0.29) is 0 Å². The number of halogens is 1. The van der Waals surface area contributed by atoms with E-state index in [1.54, 1.807) is 0 Å². The lowest BCUT2D eigenvalue weighted by Crippen LogP contribution is -2.34. The van der Waals surface area contributed by atoms with Crippen LogP contribution in [0, 0.1) is 0 Å². The van der Waals surface area contributed by atoms with Gasteiger partial charge in [0.15, 0.2) is 5.82 Å². The quantitative estimate of drug-likeness (QED) is 0.886. The fourth-order valence-electron chi connectivity index (χ4n) is 2.20. The lowest BCUT2D eigenvalue weighted by molar-refractivity contribution is 0.474. The van der Waals surface area contributed by atoms with E-state index in [9.17, 15) is 0 Å². The number of rotatable bonds is 3. The molecule has 2 atom stereocenters. The van der Waals surface area contributed by atoms with E-state index in [0.717, 1.165) is 6.42 Å². The van der Waals surface area contributed by atoms with Gasteiger partial charge in [0.2, 0.25) is 0 Å². The van der Waals surface area contributed by atoms with Crippen molar-refractivity contribution in [2.75, 3.05) is 17.3 Å². The van der Waals surface area contributed by atoms with Crippen molar-refractivity contribution < 1.29 is 0 Å². The molecule has 94 valence electrons. The molecule has 0 bridgehead atoms. The molecule has 0 spiro atoms. The Morgan fingerprint density at radius 1 is 1.41 bits per heavy atom. The average molecular weight is 273 g/mol. The summed E-state index contributed by atoms with van der Waals surface area (Å²) in [5, 5.41) is 4.46. The molecule has 4 nitrogen and oxygen atoms in total. The zero-order valence-electron chi connectivity index (χ0n) is 9.82. The lowest BCUT2D eigenvalue weighted by Gasteiger charge is -2.31. The summed E-state index contributed by atoms with van der Waals surface area (Å²) in [4.78, 5) is 8.02. The molecule has 0 saturated heterocycles. The maximum atomic E-state index is 6.08. The van der Waals surface area contributed by atoms with Gasteiger partial charge < -0.3 is 11.1 Å². The highest BCUT2D eigenvalue weighted by molar-refractivity contribution is 7.99. The second kappa shape index (κ2) is 5.78. The summed E-state index contributed by atoms with van der Waals surface area (Å²) in [7, 11) is 0. The molecule has 1 fully saturated rings. The van der Waals surface area contributed by atoms with Crippen LogP contribution in [0.15, 0.2) is 6.33 Å². The van der Waals surface area contributed by atoms with Crippen molar-refractivity contribution in [3.05, 3.63) is 11.3 Å². The molecule has 1 heterocycles. The molecule has 2 unspecified atom stereocenters. The molecule has 1 aliphatic carbocycles. The van der Waals surface area contributed by atoms with Crippen LogP contribution in [0.5, 0.6) is 0 Å². The Balaban J connectivity index is 2.11. The summed E-state index contributed by atoms with van der Waals surface area (Å²) < 4.78 is 0. The average Bonchev–Trinajstić information content (AvgIpc) is 2.35. The molecular formula is C11H17ClN4S. The summed E-state index contributed by atoms with van der Waals surface area (Å²) in [6, 6.07) is 0.422. The lowest BCUT2D eigenvalue weighted by atomic mass is 9.95. The molecule has 1 saturated carbocycles. The van der Waals surface area contributed by atoms with Gasteiger partial charge in [0.1, 0.15) is 17.2 Å². The van der Waals surface area contributed by atoms with Crippen molar-refractivity contribution in [3.63, 3.8) is 0 Å². The van der Waals surface area contributed by atoms with Crippen LogP contribution in [0.1, 0.15) is 25.7 Å². The van der Waals surface area contributed by atoms with Crippen LogP contribution < -0.4 is 11.1 Å². The predicted octanol–water partition coefficient (Wildman–Crippen LogP) is 2.80. The molecule has 1 aromatic rings. The van der Waals surface area contributed by atoms with Gasteiger partial charge >= 0.3 is 0 Å². The molecular weight excluding hydrogens is 256 g/mol. The summed E-state index contributed by atoms with van der Waals surface area (Å²) in [6.45, 7) is 0. The largest absolute Gasteiger partial charge is 0.382 e. The van der Waals surface area contributed by atoms with Crippen LogP contribution in [0.3, 0.4) is 0 Å². The second-order valence-electron chi connectivity index (χ2n) is 4.23. The molecule has 17 heavy (non-hydrogen) atoms. The van der Waals surface area contributed by atoms with Gasteiger partial charge in [0.05, 0.1) is 0 Å². The third-order valence-corrected chi connectivity index (χ3v) is 4.69. The van der Waals surface area contributed by atoms with Crippen LogP contribution in [0.4, 0.5) is 11.6 Å². The summed E-state index contributed by atoms with van der Waals surface area (Å²) in [5.41, 5.74) is 5.66. The first-order valence-corrected chi connectivity index (χ1v) is 7.44. The van der Waals surface area contributed by atoms with Gasteiger partial charge in [0.25, 0.3) is 0 Å². The zero-order chi connectivity index (χ0) is 12.3. The Hall–Kier alpha value is -0.680. The Labute approximate surface area is 111 Å². The Morgan fingerprint density at radius 3 is 2.94 bits per heavy atom. The fraction of sp³-hybridized carbons (Fsp3) is 0.636. The highest BCUT2D eigenvalue weighted by Gasteiger charge is 2.25. The van der Waals surface area contributed by atoms with E-state index in [2.05, 4.69) is 21.5 Å². The third-order valence-electron chi connectivity index (χ3n) is 3.14. The highest BCUT2D eigenvalue weighted by atomic mass is 35.5. The first-order valence-electron chi connectivity index (χ1n) is 5.77. The number of nitrogen functional groups attached to an aromatic ring is 1. The van der Waals surface area contributed by atoms with E-state index >= 15 is 0 Å². The van der Waals surface area contributed by atoms with E-state index in [0.29, 0.717) is 28.0 Å². The summed E-state index contributed by atoms with van der Waals surface area (Å²) in [5.74, 6) is 0.991. The zero-order valence-corrected chi connectivity index (χ0v) is 11.4. The number of nitrogens with one attached hydrogen (secondary N) is 1. The van der Waals surface area contributed by atoms with Crippen LogP contribution in [0.25, 0.3) is 0 Å². The molecule has 0 radical (unpaired) electrons. The van der Waals surface area contributed by atoms with Gasteiger partial charge in [-0.3, -0.25) is 0 Å². The van der Waals surface area contributed by atoms with Gasteiger partial charge in [-0.05, 0) is 19.1 Å². The molecule has 0 amide bonds. The highest BCUT2D eigenvalue weighted by Crippen LogP contribution is 2.31. The molecule has 6 heteroatoms. The molecule has 3 N–H and O–H groups in total. The number of hydrogen-bond acceptors (Lipinski definition) is 5. The minimum Gasteiger partial charge on any atom is -0.382 e. The fourth-order valence-corrected chi connectivity index (χ4v) is 3.29. The van der Waals surface area contributed by atoms with Crippen molar-refractivity contribution >= 4 is 35.0 Å².